The van der Waals surface area contributed by atoms with E-state index in [-0.39, 0.29) is 0 Å². The van der Waals surface area contributed by atoms with Gasteiger partial charge in [-0.3, -0.25) is 0 Å². The first-order valence-corrected chi connectivity index (χ1v) is 4.78. The Morgan fingerprint density at radius 1 is 1.36 bits per heavy atom. The number of aromatic nitrogens is 3. The monoisotopic (exact) mass is 189 g/mol. The van der Waals surface area contributed by atoms with E-state index in [9.17, 15) is 0 Å². The second kappa shape index (κ2) is 2.70. The molecular formula is C10H11N3O. The van der Waals surface area contributed by atoms with Gasteiger partial charge in [0.2, 0.25) is 5.88 Å². The SMILES string of the molecule is COc1cccc2nnc(C3CC3)n12. The molecule has 0 radical (unpaired) electrons. The van der Waals surface area contributed by atoms with Gasteiger partial charge in [-0.05, 0) is 25.0 Å². The molecule has 0 spiro atoms. The molecule has 1 fully saturated rings. The van der Waals surface area contributed by atoms with Crippen LogP contribution in [0.15, 0.2) is 18.2 Å². The Balaban J connectivity index is 2.29. The molecule has 0 saturated heterocycles. The molecule has 0 bridgehead atoms. The summed E-state index contributed by atoms with van der Waals surface area (Å²) >= 11 is 0. The number of ether oxygens (including phenoxy) is 1. The van der Waals surface area contributed by atoms with Crippen LogP contribution in [0.3, 0.4) is 0 Å². The van der Waals surface area contributed by atoms with Crippen LogP contribution in [-0.2, 0) is 0 Å². The molecule has 0 aliphatic heterocycles. The fourth-order valence-corrected chi connectivity index (χ4v) is 1.70. The molecule has 0 aromatic carbocycles. The molecule has 1 aliphatic rings. The minimum Gasteiger partial charge on any atom is -0.482 e. The third-order valence-corrected chi connectivity index (χ3v) is 2.57. The lowest BCUT2D eigenvalue weighted by Gasteiger charge is -2.04. The van der Waals surface area contributed by atoms with Gasteiger partial charge in [-0.2, -0.15) is 0 Å². The van der Waals surface area contributed by atoms with Crippen molar-refractivity contribution in [3.05, 3.63) is 24.0 Å². The summed E-state index contributed by atoms with van der Waals surface area (Å²) in [7, 11) is 1.67. The lowest BCUT2D eigenvalue weighted by Crippen LogP contribution is -1.97. The summed E-state index contributed by atoms with van der Waals surface area (Å²) in [4.78, 5) is 0. The Morgan fingerprint density at radius 3 is 2.93 bits per heavy atom. The number of methoxy groups -OCH3 is 1. The van der Waals surface area contributed by atoms with Crippen LogP contribution in [0.1, 0.15) is 24.6 Å². The van der Waals surface area contributed by atoms with E-state index in [2.05, 4.69) is 10.2 Å². The average Bonchev–Trinajstić information content (AvgIpc) is 2.97. The highest BCUT2D eigenvalue weighted by atomic mass is 16.5. The Hall–Kier alpha value is -1.58. The van der Waals surface area contributed by atoms with Crippen LogP contribution in [0.4, 0.5) is 0 Å². The molecule has 1 aliphatic carbocycles. The maximum atomic E-state index is 5.29. The van der Waals surface area contributed by atoms with Gasteiger partial charge in [0.15, 0.2) is 5.65 Å². The van der Waals surface area contributed by atoms with Crippen molar-refractivity contribution in [1.82, 2.24) is 14.6 Å². The number of rotatable bonds is 2. The second-order valence-electron chi connectivity index (χ2n) is 3.59. The topological polar surface area (TPSA) is 39.4 Å². The summed E-state index contributed by atoms with van der Waals surface area (Å²) < 4.78 is 7.29. The molecule has 14 heavy (non-hydrogen) atoms. The fourth-order valence-electron chi connectivity index (χ4n) is 1.70. The summed E-state index contributed by atoms with van der Waals surface area (Å²) in [5, 5.41) is 8.32. The summed E-state index contributed by atoms with van der Waals surface area (Å²) in [6, 6.07) is 5.81. The molecule has 0 N–H and O–H groups in total. The molecule has 3 rings (SSSR count). The first-order valence-electron chi connectivity index (χ1n) is 4.78. The third kappa shape index (κ3) is 0.999. The zero-order chi connectivity index (χ0) is 9.54. The van der Waals surface area contributed by atoms with Crippen molar-refractivity contribution in [2.75, 3.05) is 7.11 Å². The van der Waals surface area contributed by atoms with Crippen molar-refractivity contribution in [3.63, 3.8) is 0 Å². The second-order valence-corrected chi connectivity index (χ2v) is 3.59. The molecule has 4 nitrogen and oxygen atoms in total. The predicted octanol–water partition coefficient (Wildman–Crippen LogP) is 1.62. The quantitative estimate of drug-likeness (QED) is 0.720. The molecule has 1 saturated carbocycles. The van der Waals surface area contributed by atoms with Gasteiger partial charge < -0.3 is 4.74 Å². The predicted molar refractivity (Wildman–Crippen MR) is 51.5 cm³/mol. The smallest absolute Gasteiger partial charge is 0.200 e. The first-order chi connectivity index (χ1) is 6.90. The van der Waals surface area contributed by atoms with Gasteiger partial charge in [-0.1, -0.05) is 6.07 Å². The van der Waals surface area contributed by atoms with Crippen LogP contribution in [0, 0.1) is 0 Å². The Labute approximate surface area is 81.5 Å². The van der Waals surface area contributed by atoms with Gasteiger partial charge in [0.05, 0.1) is 7.11 Å². The van der Waals surface area contributed by atoms with Crippen molar-refractivity contribution < 1.29 is 4.74 Å². The van der Waals surface area contributed by atoms with E-state index in [1.54, 1.807) is 7.11 Å². The molecular weight excluding hydrogens is 178 g/mol. The van der Waals surface area contributed by atoms with Crippen LogP contribution in [0.5, 0.6) is 5.88 Å². The lowest BCUT2D eigenvalue weighted by molar-refractivity contribution is 0.390. The van der Waals surface area contributed by atoms with Crippen LogP contribution in [0.2, 0.25) is 0 Å². The van der Waals surface area contributed by atoms with E-state index < -0.39 is 0 Å². The number of hydrogen-bond donors (Lipinski definition) is 0. The zero-order valence-corrected chi connectivity index (χ0v) is 7.97. The largest absolute Gasteiger partial charge is 0.482 e. The molecule has 72 valence electrons. The minimum absolute atomic E-state index is 0.585. The minimum atomic E-state index is 0.585. The van der Waals surface area contributed by atoms with Crippen molar-refractivity contribution in [2.45, 2.75) is 18.8 Å². The Morgan fingerprint density at radius 2 is 2.21 bits per heavy atom. The molecule has 2 aromatic heterocycles. The molecule has 0 unspecified atom stereocenters. The van der Waals surface area contributed by atoms with Crippen molar-refractivity contribution in [1.29, 1.82) is 0 Å². The highest BCUT2D eigenvalue weighted by molar-refractivity contribution is 5.43. The van der Waals surface area contributed by atoms with Crippen molar-refractivity contribution in [3.8, 4) is 5.88 Å². The summed E-state index contributed by atoms with van der Waals surface area (Å²) in [6.45, 7) is 0. The van der Waals surface area contributed by atoms with Gasteiger partial charge >= 0.3 is 0 Å². The fraction of sp³-hybridized carbons (Fsp3) is 0.400. The zero-order valence-electron chi connectivity index (χ0n) is 7.97. The molecule has 2 heterocycles. The summed E-state index contributed by atoms with van der Waals surface area (Å²) in [5.74, 6) is 2.44. The Kier molecular flexibility index (Phi) is 1.50. The van der Waals surface area contributed by atoms with Crippen LogP contribution < -0.4 is 4.74 Å². The third-order valence-electron chi connectivity index (χ3n) is 2.57. The van der Waals surface area contributed by atoms with Crippen LogP contribution in [-0.4, -0.2) is 21.7 Å². The van der Waals surface area contributed by atoms with E-state index in [0.717, 1.165) is 17.4 Å². The number of nitrogens with zero attached hydrogens (tertiary/aromatic N) is 3. The van der Waals surface area contributed by atoms with Crippen molar-refractivity contribution in [2.24, 2.45) is 0 Å². The van der Waals surface area contributed by atoms with E-state index >= 15 is 0 Å². The van der Waals surface area contributed by atoms with Gasteiger partial charge in [0, 0.05) is 5.92 Å². The first kappa shape index (κ1) is 7.79. The van der Waals surface area contributed by atoms with Gasteiger partial charge in [0.1, 0.15) is 5.82 Å². The van der Waals surface area contributed by atoms with E-state index in [1.165, 1.54) is 12.8 Å². The summed E-state index contributed by atoms with van der Waals surface area (Å²) in [6.07, 6.45) is 2.44. The van der Waals surface area contributed by atoms with Crippen LogP contribution in [0.25, 0.3) is 5.65 Å². The number of hydrogen-bond acceptors (Lipinski definition) is 3. The molecule has 0 amide bonds. The molecule has 4 heteroatoms. The molecule has 0 atom stereocenters. The molecule has 2 aromatic rings. The van der Waals surface area contributed by atoms with E-state index in [1.807, 2.05) is 22.6 Å². The summed E-state index contributed by atoms with van der Waals surface area (Å²) in [5.41, 5.74) is 0.867. The van der Waals surface area contributed by atoms with Gasteiger partial charge in [-0.15, -0.1) is 10.2 Å². The highest BCUT2D eigenvalue weighted by Crippen LogP contribution is 2.39. The Bertz CT molecular complexity index is 473. The van der Waals surface area contributed by atoms with E-state index in [0.29, 0.717) is 5.92 Å². The lowest BCUT2D eigenvalue weighted by atomic mass is 10.4. The van der Waals surface area contributed by atoms with Crippen molar-refractivity contribution >= 4 is 5.65 Å². The van der Waals surface area contributed by atoms with Crippen LogP contribution >= 0.6 is 0 Å². The number of pyridine rings is 1. The number of fused-ring (bicyclic) bond motifs is 1. The maximum Gasteiger partial charge on any atom is 0.200 e. The average molecular weight is 189 g/mol. The van der Waals surface area contributed by atoms with Gasteiger partial charge in [0.25, 0.3) is 0 Å². The maximum absolute atomic E-state index is 5.29. The van der Waals surface area contributed by atoms with E-state index in [4.69, 9.17) is 4.74 Å². The normalized spacial score (nSPS) is 16.1. The van der Waals surface area contributed by atoms with Gasteiger partial charge in [-0.25, -0.2) is 4.40 Å². The highest BCUT2D eigenvalue weighted by Gasteiger charge is 2.29. The standard InChI is InChI=1S/C10H11N3O/c1-14-9-4-2-3-8-11-12-10(13(8)9)7-5-6-7/h2-4,7H,5-6H2,1H3.